The number of benzene rings is 1. The Kier molecular flexibility index (Phi) is 5.69. The number of ether oxygens (including phenoxy) is 1. The summed E-state index contributed by atoms with van der Waals surface area (Å²) < 4.78 is 18.9. The van der Waals surface area contributed by atoms with Crippen molar-refractivity contribution in [3.05, 3.63) is 35.6 Å². The predicted molar refractivity (Wildman–Crippen MR) is 97.9 cm³/mol. The van der Waals surface area contributed by atoms with E-state index in [4.69, 9.17) is 4.74 Å². The molecule has 138 valence electrons. The van der Waals surface area contributed by atoms with Crippen LogP contribution >= 0.6 is 0 Å². The molecule has 1 unspecified atom stereocenters. The Morgan fingerprint density at radius 2 is 1.68 bits per heavy atom. The summed E-state index contributed by atoms with van der Waals surface area (Å²) in [6.07, 6.45) is 5.34. The maximum Gasteiger partial charge on any atom is 0.123 e. The Morgan fingerprint density at radius 3 is 2.40 bits per heavy atom. The third-order valence-electron chi connectivity index (χ3n) is 6.29. The number of rotatable bonds is 8. The molecule has 0 bridgehead atoms. The van der Waals surface area contributed by atoms with Gasteiger partial charge in [-0.25, -0.2) is 4.39 Å². The Hall–Kier alpha value is -0.970. The van der Waals surface area contributed by atoms with Crippen LogP contribution in [0, 0.1) is 23.6 Å². The highest BCUT2D eigenvalue weighted by atomic mass is 19.1. The van der Waals surface area contributed by atoms with Crippen molar-refractivity contribution in [2.45, 2.75) is 32.2 Å². The maximum absolute atomic E-state index is 13.0. The van der Waals surface area contributed by atoms with Crippen LogP contribution in [0.2, 0.25) is 0 Å². The normalized spacial score (nSPS) is 29.7. The molecule has 2 saturated heterocycles. The smallest absolute Gasteiger partial charge is 0.123 e. The van der Waals surface area contributed by atoms with Gasteiger partial charge in [0.25, 0.3) is 0 Å². The summed E-state index contributed by atoms with van der Waals surface area (Å²) in [7, 11) is 0. The van der Waals surface area contributed by atoms with E-state index >= 15 is 0 Å². The largest absolute Gasteiger partial charge is 0.381 e. The minimum Gasteiger partial charge on any atom is -0.381 e. The molecule has 25 heavy (non-hydrogen) atoms. The molecule has 1 aromatic rings. The first-order valence-electron chi connectivity index (χ1n) is 10.1. The van der Waals surface area contributed by atoms with Crippen molar-refractivity contribution >= 4 is 0 Å². The monoisotopic (exact) mass is 346 g/mol. The molecule has 1 aromatic carbocycles. The molecule has 4 heteroatoms. The standard InChI is InChI=1S/C21H31FN2O/c22-18-7-5-17(6-8-18)13-24-14-19-20(15-24)21(19)16-25-12-4-11-23-9-2-1-3-10-23/h5-8,19-21H,1-4,9-16H2/t19-,20+,21?. The van der Waals surface area contributed by atoms with Crippen molar-refractivity contribution in [1.29, 1.82) is 0 Å². The summed E-state index contributed by atoms with van der Waals surface area (Å²) in [5.74, 6) is 2.31. The van der Waals surface area contributed by atoms with Crippen LogP contribution < -0.4 is 0 Å². The van der Waals surface area contributed by atoms with E-state index in [2.05, 4.69) is 9.80 Å². The molecule has 0 spiro atoms. The molecule has 2 aliphatic heterocycles. The number of likely N-dealkylation sites (tertiary alicyclic amines) is 2. The molecule has 3 atom stereocenters. The molecule has 1 aliphatic carbocycles. The van der Waals surface area contributed by atoms with Crippen LogP contribution in [0.1, 0.15) is 31.2 Å². The van der Waals surface area contributed by atoms with Gasteiger partial charge in [-0.15, -0.1) is 0 Å². The Morgan fingerprint density at radius 1 is 0.960 bits per heavy atom. The van der Waals surface area contributed by atoms with Crippen LogP contribution in [-0.2, 0) is 11.3 Å². The highest BCUT2D eigenvalue weighted by molar-refractivity contribution is 5.17. The van der Waals surface area contributed by atoms with Crippen LogP contribution in [0.4, 0.5) is 4.39 Å². The molecule has 3 nitrogen and oxygen atoms in total. The second-order valence-electron chi connectivity index (χ2n) is 8.14. The van der Waals surface area contributed by atoms with E-state index in [1.807, 2.05) is 12.1 Å². The van der Waals surface area contributed by atoms with Crippen LogP contribution in [0.25, 0.3) is 0 Å². The van der Waals surface area contributed by atoms with Gasteiger partial charge in [0.2, 0.25) is 0 Å². The van der Waals surface area contributed by atoms with Gasteiger partial charge in [0.05, 0.1) is 6.61 Å². The van der Waals surface area contributed by atoms with E-state index < -0.39 is 0 Å². The first-order valence-corrected chi connectivity index (χ1v) is 10.1. The summed E-state index contributed by atoms with van der Waals surface area (Å²) in [4.78, 5) is 5.10. The molecule has 4 rings (SSSR count). The summed E-state index contributed by atoms with van der Waals surface area (Å²) in [6, 6.07) is 6.93. The van der Waals surface area contributed by atoms with Crippen molar-refractivity contribution < 1.29 is 9.13 Å². The zero-order chi connectivity index (χ0) is 17.1. The van der Waals surface area contributed by atoms with E-state index in [1.165, 1.54) is 64.0 Å². The lowest BCUT2D eigenvalue weighted by Gasteiger charge is -2.26. The fraction of sp³-hybridized carbons (Fsp3) is 0.714. The number of piperidine rings is 2. The molecule has 2 heterocycles. The lowest BCUT2D eigenvalue weighted by molar-refractivity contribution is 0.0967. The van der Waals surface area contributed by atoms with Crippen molar-refractivity contribution in [2.75, 3.05) is 45.9 Å². The van der Waals surface area contributed by atoms with E-state index in [0.29, 0.717) is 0 Å². The fourth-order valence-corrected chi connectivity index (χ4v) is 4.75. The van der Waals surface area contributed by atoms with Gasteiger partial charge in [-0.1, -0.05) is 18.6 Å². The molecule has 0 N–H and O–H groups in total. The number of hydrogen-bond acceptors (Lipinski definition) is 3. The average Bonchev–Trinajstić information content (AvgIpc) is 3.09. The van der Waals surface area contributed by atoms with E-state index in [-0.39, 0.29) is 5.82 Å². The first-order chi connectivity index (χ1) is 12.3. The zero-order valence-corrected chi connectivity index (χ0v) is 15.2. The molecule has 1 saturated carbocycles. The van der Waals surface area contributed by atoms with Gasteiger partial charge in [0.15, 0.2) is 0 Å². The minimum absolute atomic E-state index is 0.148. The van der Waals surface area contributed by atoms with E-state index in [9.17, 15) is 4.39 Å². The van der Waals surface area contributed by atoms with Gasteiger partial charge in [0, 0.05) is 32.8 Å². The number of fused-ring (bicyclic) bond motifs is 1. The zero-order valence-electron chi connectivity index (χ0n) is 15.2. The summed E-state index contributed by atoms with van der Waals surface area (Å²) in [6.45, 7) is 8.99. The van der Waals surface area contributed by atoms with Crippen molar-refractivity contribution in [3.63, 3.8) is 0 Å². The predicted octanol–water partition coefficient (Wildman–Crippen LogP) is 3.40. The van der Waals surface area contributed by atoms with Gasteiger partial charge in [-0.05, 0) is 67.8 Å². The highest BCUT2D eigenvalue weighted by Gasteiger charge is 2.55. The third kappa shape index (κ3) is 4.60. The molecule has 0 amide bonds. The second kappa shape index (κ2) is 8.15. The molecular formula is C21H31FN2O. The molecule has 0 aromatic heterocycles. The van der Waals surface area contributed by atoms with E-state index in [0.717, 1.165) is 37.5 Å². The molecule has 0 radical (unpaired) electrons. The molecule has 3 aliphatic rings. The van der Waals surface area contributed by atoms with E-state index in [1.54, 1.807) is 12.1 Å². The average molecular weight is 346 g/mol. The van der Waals surface area contributed by atoms with Crippen LogP contribution in [0.5, 0.6) is 0 Å². The van der Waals surface area contributed by atoms with Crippen molar-refractivity contribution in [3.8, 4) is 0 Å². The van der Waals surface area contributed by atoms with Crippen LogP contribution in [-0.4, -0.2) is 55.7 Å². The SMILES string of the molecule is Fc1ccc(CN2C[C@@H]3C(COCCCN4CCCCC4)[C@@H]3C2)cc1. The van der Waals surface area contributed by atoms with Gasteiger partial charge >= 0.3 is 0 Å². The topological polar surface area (TPSA) is 15.7 Å². The molecular weight excluding hydrogens is 315 g/mol. The molecule has 3 fully saturated rings. The Labute approximate surface area is 151 Å². The fourth-order valence-electron chi connectivity index (χ4n) is 4.75. The van der Waals surface area contributed by atoms with Crippen LogP contribution in [0.3, 0.4) is 0 Å². The first kappa shape index (κ1) is 17.4. The van der Waals surface area contributed by atoms with Crippen LogP contribution in [0.15, 0.2) is 24.3 Å². The van der Waals surface area contributed by atoms with Crippen molar-refractivity contribution in [1.82, 2.24) is 9.80 Å². The quantitative estimate of drug-likeness (QED) is 0.671. The van der Waals surface area contributed by atoms with Gasteiger partial charge in [0.1, 0.15) is 5.82 Å². The second-order valence-corrected chi connectivity index (χ2v) is 8.14. The lowest BCUT2D eigenvalue weighted by atomic mass is 10.1. The summed E-state index contributed by atoms with van der Waals surface area (Å²) in [5, 5.41) is 0. The summed E-state index contributed by atoms with van der Waals surface area (Å²) in [5.41, 5.74) is 1.22. The summed E-state index contributed by atoms with van der Waals surface area (Å²) >= 11 is 0. The number of nitrogens with zero attached hydrogens (tertiary/aromatic N) is 2. The Bertz CT molecular complexity index is 531. The third-order valence-corrected chi connectivity index (χ3v) is 6.29. The Balaban J connectivity index is 1.07. The highest BCUT2D eigenvalue weighted by Crippen LogP contribution is 2.51. The van der Waals surface area contributed by atoms with Gasteiger partial charge in [-0.3, -0.25) is 4.90 Å². The van der Waals surface area contributed by atoms with Crippen molar-refractivity contribution in [2.24, 2.45) is 17.8 Å². The minimum atomic E-state index is -0.148. The van der Waals surface area contributed by atoms with Gasteiger partial charge < -0.3 is 9.64 Å². The maximum atomic E-state index is 13.0. The van der Waals surface area contributed by atoms with Gasteiger partial charge in [-0.2, -0.15) is 0 Å². The number of halogens is 1. The lowest BCUT2D eigenvalue weighted by Crippen LogP contribution is -2.31. The number of hydrogen-bond donors (Lipinski definition) is 0.